The quantitative estimate of drug-likeness (QED) is 0.857. The van der Waals surface area contributed by atoms with Crippen LogP contribution in [0.5, 0.6) is 11.6 Å². The Hall–Kier alpha value is -2.90. The molecule has 3 rings (SSSR count). The standard InChI is InChI=1S/C19H23FN4O3/c1-13(2)26-19(25)24-11-8-15(9-12-24)22-18-21-10-7-17(23-18)27-16-5-3-14(20)4-6-16/h3-7,10,13,15H,8-9,11-12H2,1-2H3,(H,21,22,23). The van der Waals surface area contributed by atoms with Crippen LogP contribution in [0.25, 0.3) is 0 Å². The lowest BCUT2D eigenvalue weighted by Crippen LogP contribution is -2.43. The molecule has 1 aromatic heterocycles. The zero-order valence-electron chi connectivity index (χ0n) is 15.4. The summed E-state index contributed by atoms with van der Waals surface area (Å²) in [6.45, 7) is 4.92. The lowest BCUT2D eigenvalue weighted by molar-refractivity contribution is 0.0701. The second-order valence-corrected chi connectivity index (χ2v) is 6.61. The van der Waals surface area contributed by atoms with Gasteiger partial charge in [-0.05, 0) is 51.0 Å². The van der Waals surface area contributed by atoms with Crippen molar-refractivity contribution in [2.45, 2.75) is 38.8 Å². The molecule has 1 aromatic carbocycles. The van der Waals surface area contributed by atoms with E-state index in [-0.39, 0.29) is 24.1 Å². The summed E-state index contributed by atoms with van der Waals surface area (Å²) in [5.74, 6) is 1.00. The number of anilines is 1. The predicted molar refractivity (Wildman–Crippen MR) is 98.3 cm³/mol. The van der Waals surface area contributed by atoms with Gasteiger partial charge in [0.1, 0.15) is 11.6 Å². The maximum Gasteiger partial charge on any atom is 0.410 e. The summed E-state index contributed by atoms with van der Waals surface area (Å²) in [6, 6.07) is 7.53. The van der Waals surface area contributed by atoms with Crippen LogP contribution in [-0.4, -0.2) is 46.2 Å². The van der Waals surface area contributed by atoms with Gasteiger partial charge in [0.25, 0.3) is 0 Å². The predicted octanol–water partition coefficient (Wildman–Crippen LogP) is 3.83. The van der Waals surface area contributed by atoms with Gasteiger partial charge in [-0.25, -0.2) is 14.2 Å². The van der Waals surface area contributed by atoms with Crippen LogP contribution in [0.15, 0.2) is 36.5 Å². The van der Waals surface area contributed by atoms with Crippen molar-refractivity contribution in [2.24, 2.45) is 0 Å². The largest absolute Gasteiger partial charge is 0.447 e. The topological polar surface area (TPSA) is 76.6 Å². The first-order valence-electron chi connectivity index (χ1n) is 8.98. The number of nitrogens with one attached hydrogen (secondary N) is 1. The highest BCUT2D eigenvalue weighted by Gasteiger charge is 2.24. The van der Waals surface area contributed by atoms with E-state index in [0.29, 0.717) is 30.7 Å². The first kappa shape index (κ1) is 18.9. The molecule has 0 radical (unpaired) electrons. The molecule has 1 aliphatic rings. The Morgan fingerprint density at radius 1 is 1.22 bits per heavy atom. The van der Waals surface area contributed by atoms with Gasteiger partial charge in [0.05, 0.1) is 6.10 Å². The van der Waals surface area contributed by atoms with Gasteiger partial charge in [0.2, 0.25) is 11.8 Å². The molecular weight excluding hydrogens is 351 g/mol. The fourth-order valence-electron chi connectivity index (χ4n) is 2.76. The zero-order valence-corrected chi connectivity index (χ0v) is 15.4. The van der Waals surface area contributed by atoms with Gasteiger partial charge in [-0.15, -0.1) is 0 Å². The van der Waals surface area contributed by atoms with E-state index in [2.05, 4.69) is 15.3 Å². The maximum absolute atomic E-state index is 13.0. The number of aromatic nitrogens is 2. The fourth-order valence-corrected chi connectivity index (χ4v) is 2.76. The van der Waals surface area contributed by atoms with Crippen molar-refractivity contribution >= 4 is 12.0 Å². The van der Waals surface area contributed by atoms with Gasteiger partial charge in [0, 0.05) is 31.4 Å². The van der Waals surface area contributed by atoms with Gasteiger partial charge in [-0.3, -0.25) is 0 Å². The molecule has 1 saturated heterocycles. The Labute approximate surface area is 157 Å². The molecule has 1 fully saturated rings. The van der Waals surface area contributed by atoms with Gasteiger partial charge >= 0.3 is 6.09 Å². The monoisotopic (exact) mass is 374 g/mol. The van der Waals surface area contributed by atoms with Crippen molar-refractivity contribution in [2.75, 3.05) is 18.4 Å². The van der Waals surface area contributed by atoms with E-state index in [9.17, 15) is 9.18 Å². The molecule has 1 aliphatic heterocycles. The van der Waals surface area contributed by atoms with Crippen LogP contribution in [0.2, 0.25) is 0 Å². The summed E-state index contributed by atoms with van der Waals surface area (Å²) >= 11 is 0. The second kappa shape index (κ2) is 8.66. The average molecular weight is 374 g/mol. The van der Waals surface area contributed by atoms with Crippen LogP contribution in [0.1, 0.15) is 26.7 Å². The number of halogens is 1. The van der Waals surface area contributed by atoms with Crippen LogP contribution < -0.4 is 10.1 Å². The minimum Gasteiger partial charge on any atom is -0.447 e. The number of amides is 1. The molecule has 0 unspecified atom stereocenters. The van der Waals surface area contributed by atoms with Gasteiger partial charge in [0.15, 0.2) is 0 Å². The van der Waals surface area contributed by atoms with E-state index in [4.69, 9.17) is 9.47 Å². The molecule has 0 bridgehead atoms. The Morgan fingerprint density at radius 3 is 2.59 bits per heavy atom. The molecule has 144 valence electrons. The van der Waals surface area contributed by atoms with E-state index < -0.39 is 0 Å². The highest BCUT2D eigenvalue weighted by molar-refractivity contribution is 5.67. The first-order chi connectivity index (χ1) is 13.0. The molecule has 8 heteroatoms. The minimum atomic E-state index is -0.323. The van der Waals surface area contributed by atoms with Crippen molar-refractivity contribution < 1.29 is 18.7 Å². The van der Waals surface area contributed by atoms with Crippen LogP contribution in [-0.2, 0) is 4.74 Å². The maximum atomic E-state index is 13.0. The second-order valence-electron chi connectivity index (χ2n) is 6.61. The summed E-state index contributed by atoms with van der Waals surface area (Å²) in [4.78, 5) is 22.2. The third-order valence-electron chi connectivity index (χ3n) is 4.09. The average Bonchev–Trinajstić information content (AvgIpc) is 2.64. The number of carbonyl (C=O) groups is 1. The number of hydrogen-bond acceptors (Lipinski definition) is 6. The van der Waals surface area contributed by atoms with Crippen LogP contribution in [0, 0.1) is 5.82 Å². The van der Waals surface area contributed by atoms with E-state index in [1.54, 1.807) is 17.2 Å². The van der Waals surface area contributed by atoms with Gasteiger partial charge < -0.3 is 19.7 Å². The van der Waals surface area contributed by atoms with Crippen LogP contribution >= 0.6 is 0 Å². The zero-order chi connectivity index (χ0) is 19.2. The Bertz CT molecular complexity index is 762. The SMILES string of the molecule is CC(C)OC(=O)N1CCC(Nc2nccc(Oc3ccc(F)cc3)n2)CC1. The molecule has 2 heterocycles. The number of rotatable bonds is 5. The number of likely N-dealkylation sites (tertiary alicyclic amines) is 1. The normalized spacial score (nSPS) is 14.9. The molecular formula is C19H23FN4O3. The Morgan fingerprint density at radius 2 is 1.93 bits per heavy atom. The van der Waals surface area contributed by atoms with Crippen LogP contribution in [0.4, 0.5) is 15.1 Å². The molecule has 1 N–H and O–H groups in total. The highest BCUT2D eigenvalue weighted by atomic mass is 19.1. The number of hydrogen-bond donors (Lipinski definition) is 1. The molecule has 0 atom stereocenters. The Balaban J connectivity index is 1.53. The number of piperidine rings is 1. The van der Waals surface area contributed by atoms with Crippen molar-refractivity contribution in [1.82, 2.24) is 14.9 Å². The van der Waals surface area contributed by atoms with E-state index >= 15 is 0 Å². The molecule has 7 nitrogen and oxygen atoms in total. The van der Waals surface area contributed by atoms with Crippen molar-refractivity contribution in [3.8, 4) is 11.6 Å². The molecule has 1 amide bonds. The number of nitrogens with zero attached hydrogens (tertiary/aromatic N) is 3. The van der Waals surface area contributed by atoms with Gasteiger partial charge in [-0.1, -0.05) is 0 Å². The van der Waals surface area contributed by atoms with Crippen molar-refractivity contribution in [1.29, 1.82) is 0 Å². The number of carbonyl (C=O) groups excluding carboxylic acids is 1. The fraction of sp³-hybridized carbons (Fsp3) is 0.421. The van der Waals surface area contributed by atoms with E-state index in [1.165, 1.54) is 24.3 Å². The number of benzene rings is 1. The summed E-state index contributed by atoms with van der Waals surface area (Å²) in [5.41, 5.74) is 0. The molecule has 27 heavy (non-hydrogen) atoms. The highest BCUT2D eigenvalue weighted by Crippen LogP contribution is 2.21. The van der Waals surface area contributed by atoms with Crippen molar-refractivity contribution in [3.63, 3.8) is 0 Å². The summed E-state index contributed by atoms with van der Waals surface area (Å²) < 4.78 is 23.8. The molecule has 0 saturated carbocycles. The molecule has 0 spiro atoms. The van der Waals surface area contributed by atoms with E-state index in [0.717, 1.165) is 12.8 Å². The summed E-state index contributed by atoms with van der Waals surface area (Å²) in [5, 5.41) is 3.28. The number of ether oxygens (including phenoxy) is 2. The molecule has 2 aromatic rings. The lowest BCUT2D eigenvalue weighted by Gasteiger charge is -2.32. The summed E-state index contributed by atoms with van der Waals surface area (Å²) in [7, 11) is 0. The molecule has 0 aliphatic carbocycles. The lowest BCUT2D eigenvalue weighted by atomic mass is 10.1. The van der Waals surface area contributed by atoms with Crippen molar-refractivity contribution in [3.05, 3.63) is 42.3 Å². The van der Waals surface area contributed by atoms with E-state index in [1.807, 2.05) is 13.8 Å². The third-order valence-corrected chi connectivity index (χ3v) is 4.09. The van der Waals surface area contributed by atoms with Crippen LogP contribution in [0.3, 0.4) is 0 Å². The smallest absolute Gasteiger partial charge is 0.410 e. The summed E-state index contributed by atoms with van der Waals surface area (Å²) in [6.07, 6.45) is 2.77. The Kier molecular flexibility index (Phi) is 6.05. The van der Waals surface area contributed by atoms with Gasteiger partial charge in [-0.2, -0.15) is 4.98 Å². The first-order valence-corrected chi connectivity index (χ1v) is 8.98. The minimum absolute atomic E-state index is 0.120. The third kappa shape index (κ3) is 5.54.